The number of halogens is 1. The van der Waals surface area contributed by atoms with Crippen LogP contribution in [0.2, 0.25) is 0 Å². The Morgan fingerprint density at radius 3 is 2.07 bits per heavy atom. The molecule has 2 heterocycles. The first kappa shape index (κ1) is 20.0. The standard InChI is InChI=1S/C17H15ClN2O7S/c1-8(2)11(17(24)27-3)20-15(23)12(16(20)28(18,25)26)19-13(21)9-6-4-5-7-10(9)14(19)22/h4-7,11-12,16H,1H2,2-3H3. The van der Waals surface area contributed by atoms with Crippen molar-refractivity contribution in [2.24, 2.45) is 0 Å². The first-order valence-electron chi connectivity index (χ1n) is 7.98. The Kier molecular flexibility index (Phi) is 4.80. The fourth-order valence-corrected chi connectivity index (χ4v) is 4.99. The average Bonchev–Trinajstić information content (AvgIpc) is 2.86. The molecule has 2 aliphatic heterocycles. The third kappa shape index (κ3) is 2.80. The first-order chi connectivity index (χ1) is 13.0. The zero-order valence-electron chi connectivity index (χ0n) is 14.8. The lowest BCUT2D eigenvalue weighted by Gasteiger charge is -2.50. The Morgan fingerprint density at radius 2 is 1.68 bits per heavy atom. The van der Waals surface area contributed by atoms with Crippen LogP contribution in [0.1, 0.15) is 27.6 Å². The lowest BCUT2D eigenvalue weighted by atomic mass is 9.98. The van der Waals surface area contributed by atoms with E-state index in [2.05, 4.69) is 11.3 Å². The monoisotopic (exact) mass is 426 g/mol. The summed E-state index contributed by atoms with van der Waals surface area (Å²) >= 11 is 0. The quantitative estimate of drug-likeness (QED) is 0.221. The molecule has 11 heteroatoms. The van der Waals surface area contributed by atoms with Crippen LogP contribution in [-0.4, -0.2) is 66.5 Å². The molecule has 1 saturated heterocycles. The van der Waals surface area contributed by atoms with Crippen LogP contribution in [-0.2, 0) is 23.4 Å². The zero-order chi connectivity index (χ0) is 21.0. The highest BCUT2D eigenvalue weighted by molar-refractivity contribution is 8.14. The molecule has 0 saturated carbocycles. The number of hydrogen-bond acceptors (Lipinski definition) is 7. The van der Waals surface area contributed by atoms with Gasteiger partial charge >= 0.3 is 5.97 Å². The number of fused-ring (bicyclic) bond motifs is 1. The van der Waals surface area contributed by atoms with Crippen molar-refractivity contribution in [2.45, 2.75) is 24.4 Å². The molecule has 3 amide bonds. The fourth-order valence-electron chi connectivity index (χ4n) is 3.40. The summed E-state index contributed by atoms with van der Waals surface area (Å²) in [5.41, 5.74) is 0.231. The molecule has 3 rings (SSSR count). The maximum absolute atomic E-state index is 12.8. The van der Waals surface area contributed by atoms with Gasteiger partial charge in [-0.3, -0.25) is 19.3 Å². The Bertz CT molecular complexity index is 1000. The lowest BCUT2D eigenvalue weighted by Crippen LogP contribution is -2.76. The number of methoxy groups -OCH3 is 1. The second-order valence-electron chi connectivity index (χ2n) is 6.35. The Hall–Kier alpha value is -2.72. The van der Waals surface area contributed by atoms with Gasteiger partial charge in [-0.1, -0.05) is 18.7 Å². The SMILES string of the molecule is C=C(C)C(C(=O)OC)N1C(=O)C(N2C(=O)c3ccccc3C2=O)C1S(=O)(=O)Cl. The summed E-state index contributed by atoms with van der Waals surface area (Å²) in [7, 11) is 2.08. The molecular formula is C17H15ClN2O7S. The predicted molar refractivity (Wildman–Crippen MR) is 96.8 cm³/mol. The third-order valence-corrected chi connectivity index (χ3v) is 6.22. The van der Waals surface area contributed by atoms with Crippen molar-refractivity contribution in [1.82, 2.24) is 9.80 Å². The number of carbonyl (C=O) groups is 4. The Balaban J connectivity index is 2.06. The molecule has 1 fully saturated rings. The van der Waals surface area contributed by atoms with Crippen LogP contribution >= 0.6 is 10.7 Å². The highest BCUT2D eigenvalue weighted by atomic mass is 35.7. The topological polar surface area (TPSA) is 118 Å². The van der Waals surface area contributed by atoms with Crippen LogP contribution in [0.15, 0.2) is 36.4 Å². The number of imide groups is 1. The normalized spacial score (nSPS) is 22.6. The summed E-state index contributed by atoms with van der Waals surface area (Å²) in [6.07, 6.45) is 0. The van der Waals surface area contributed by atoms with E-state index in [1.165, 1.54) is 31.2 Å². The van der Waals surface area contributed by atoms with Crippen molar-refractivity contribution in [2.75, 3.05) is 7.11 Å². The first-order valence-corrected chi connectivity index (χ1v) is 10.4. The summed E-state index contributed by atoms with van der Waals surface area (Å²) in [5, 5.41) is -1.82. The molecule has 0 bridgehead atoms. The van der Waals surface area contributed by atoms with Gasteiger partial charge in [-0.15, -0.1) is 0 Å². The van der Waals surface area contributed by atoms with Gasteiger partial charge in [-0.05, 0) is 24.6 Å². The predicted octanol–water partition coefficient (Wildman–Crippen LogP) is 0.506. The minimum Gasteiger partial charge on any atom is -0.467 e. The van der Waals surface area contributed by atoms with Crippen LogP contribution < -0.4 is 0 Å². The number of amides is 3. The number of rotatable bonds is 5. The average molecular weight is 427 g/mol. The van der Waals surface area contributed by atoms with E-state index in [9.17, 15) is 27.6 Å². The number of ether oxygens (including phenoxy) is 1. The second kappa shape index (κ2) is 6.71. The van der Waals surface area contributed by atoms with Crippen LogP contribution in [0.25, 0.3) is 0 Å². The van der Waals surface area contributed by atoms with Crippen LogP contribution in [0.5, 0.6) is 0 Å². The van der Waals surface area contributed by atoms with E-state index < -0.39 is 50.2 Å². The molecule has 3 atom stereocenters. The second-order valence-corrected chi connectivity index (χ2v) is 9.08. The van der Waals surface area contributed by atoms with E-state index in [1.807, 2.05) is 0 Å². The van der Waals surface area contributed by atoms with Crippen molar-refractivity contribution in [1.29, 1.82) is 0 Å². The van der Waals surface area contributed by atoms with Crippen molar-refractivity contribution in [3.05, 3.63) is 47.5 Å². The number of likely N-dealkylation sites (tertiary alicyclic amines) is 1. The van der Waals surface area contributed by atoms with Crippen molar-refractivity contribution in [3.8, 4) is 0 Å². The van der Waals surface area contributed by atoms with E-state index in [1.54, 1.807) is 0 Å². The van der Waals surface area contributed by atoms with Gasteiger partial charge in [0.2, 0.25) is 0 Å². The third-order valence-electron chi connectivity index (χ3n) is 4.61. The van der Waals surface area contributed by atoms with Crippen molar-refractivity contribution >= 4 is 43.4 Å². The number of nitrogens with zero attached hydrogens (tertiary/aromatic N) is 2. The summed E-state index contributed by atoms with van der Waals surface area (Å²) < 4.78 is 29.0. The van der Waals surface area contributed by atoms with Crippen LogP contribution in [0, 0.1) is 0 Å². The van der Waals surface area contributed by atoms with Gasteiger partial charge in [-0.2, -0.15) is 0 Å². The smallest absolute Gasteiger partial charge is 0.332 e. The van der Waals surface area contributed by atoms with E-state index in [-0.39, 0.29) is 16.7 Å². The van der Waals surface area contributed by atoms with Crippen molar-refractivity contribution < 1.29 is 32.3 Å². The number of carbonyl (C=O) groups excluding carboxylic acids is 4. The van der Waals surface area contributed by atoms with Gasteiger partial charge in [0.1, 0.15) is 0 Å². The maximum Gasteiger partial charge on any atom is 0.332 e. The zero-order valence-corrected chi connectivity index (χ0v) is 16.4. The van der Waals surface area contributed by atoms with Gasteiger partial charge < -0.3 is 9.64 Å². The minimum absolute atomic E-state index is 0.0499. The molecule has 1 aromatic carbocycles. The molecule has 148 valence electrons. The summed E-state index contributed by atoms with van der Waals surface area (Å²) in [6.45, 7) is 4.99. The van der Waals surface area contributed by atoms with Gasteiger partial charge in [-0.25, -0.2) is 13.2 Å². The number of β-lactam (4-membered cyclic amide) rings is 1. The van der Waals surface area contributed by atoms with Gasteiger partial charge in [0, 0.05) is 10.7 Å². The molecule has 0 spiro atoms. The lowest BCUT2D eigenvalue weighted by molar-refractivity contribution is -0.163. The minimum atomic E-state index is -4.51. The number of hydrogen-bond donors (Lipinski definition) is 0. The maximum atomic E-state index is 12.8. The molecule has 0 radical (unpaired) electrons. The number of esters is 1. The van der Waals surface area contributed by atoms with E-state index >= 15 is 0 Å². The van der Waals surface area contributed by atoms with Gasteiger partial charge in [0.15, 0.2) is 17.5 Å². The molecule has 2 aliphatic rings. The van der Waals surface area contributed by atoms with Crippen molar-refractivity contribution in [3.63, 3.8) is 0 Å². The molecule has 0 N–H and O–H groups in total. The molecule has 0 aromatic heterocycles. The fraction of sp³-hybridized carbons (Fsp3) is 0.294. The van der Waals surface area contributed by atoms with Gasteiger partial charge in [0.25, 0.3) is 26.8 Å². The van der Waals surface area contributed by atoms with Crippen LogP contribution in [0.3, 0.4) is 0 Å². The molecule has 1 aromatic rings. The highest BCUT2D eigenvalue weighted by Gasteiger charge is 2.63. The molecule has 3 unspecified atom stereocenters. The highest BCUT2D eigenvalue weighted by Crippen LogP contribution is 2.38. The summed E-state index contributed by atoms with van der Waals surface area (Å²) in [6, 6.07) is 2.74. The Labute approximate surface area is 164 Å². The molecular weight excluding hydrogens is 412 g/mol. The summed E-state index contributed by atoms with van der Waals surface area (Å²) in [5.74, 6) is -3.48. The van der Waals surface area contributed by atoms with E-state index in [4.69, 9.17) is 10.7 Å². The van der Waals surface area contributed by atoms with E-state index in [0.29, 0.717) is 9.80 Å². The van der Waals surface area contributed by atoms with E-state index in [0.717, 1.165) is 7.11 Å². The number of benzene rings is 1. The molecule has 0 aliphatic carbocycles. The molecule has 9 nitrogen and oxygen atoms in total. The largest absolute Gasteiger partial charge is 0.467 e. The molecule has 28 heavy (non-hydrogen) atoms. The van der Waals surface area contributed by atoms with Gasteiger partial charge in [0.05, 0.1) is 18.2 Å². The Morgan fingerprint density at radius 1 is 1.18 bits per heavy atom. The van der Waals surface area contributed by atoms with Crippen LogP contribution in [0.4, 0.5) is 0 Å². The summed E-state index contributed by atoms with van der Waals surface area (Å²) in [4.78, 5) is 51.4.